The van der Waals surface area contributed by atoms with E-state index in [1.807, 2.05) is 0 Å². The molecule has 1 unspecified atom stereocenters. The van der Waals surface area contributed by atoms with Crippen LogP contribution in [0.5, 0.6) is 0 Å². The summed E-state index contributed by atoms with van der Waals surface area (Å²) >= 11 is 0. The predicted octanol–water partition coefficient (Wildman–Crippen LogP) is 2.82. The van der Waals surface area contributed by atoms with Gasteiger partial charge in [-0.1, -0.05) is 12.5 Å². The van der Waals surface area contributed by atoms with E-state index in [9.17, 15) is 9.18 Å². The van der Waals surface area contributed by atoms with Gasteiger partial charge in [-0.15, -0.1) is 0 Å². The molecular formula is C16H23FN2O. The lowest BCUT2D eigenvalue weighted by Gasteiger charge is -2.33. The summed E-state index contributed by atoms with van der Waals surface area (Å²) in [6.45, 7) is 5.09. The van der Waals surface area contributed by atoms with Gasteiger partial charge >= 0.3 is 0 Å². The molecule has 0 saturated carbocycles. The van der Waals surface area contributed by atoms with Crippen molar-refractivity contribution in [2.24, 2.45) is 0 Å². The van der Waals surface area contributed by atoms with Crippen LogP contribution in [0.1, 0.15) is 43.0 Å². The predicted molar refractivity (Wildman–Crippen MR) is 78.2 cm³/mol. The van der Waals surface area contributed by atoms with E-state index in [0.717, 1.165) is 13.0 Å². The molecule has 1 fully saturated rings. The van der Waals surface area contributed by atoms with Crippen molar-refractivity contribution in [2.45, 2.75) is 38.6 Å². The van der Waals surface area contributed by atoms with Crippen molar-refractivity contribution in [2.75, 3.05) is 19.6 Å². The molecular weight excluding hydrogens is 255 g/mol. The first-order valence-corrected chi connectivity index (χ1v) is 7.44. The highest BCUT2D eigenvalue weighted by Crippen LogP contribution is 2.16. The SMILES string of the molecule is CC1CCCCN1CCCNC(=O)c1cccc(F)c1. The van der Waals surface area contributed by atoms with E-state index in [1.165, 1.54) is 37.9 Å². The number of piperidine rings is 1. The molecule has 1 aromatic carbocycles. The molecule has 110 valence electrons. The van der Waals surface area contributed by atoms with Crippen molar-refractivity contribution in [1.82, 2.24) is 10.2 Å². The van der Waals surface area contributed by atoms with E-state index in [2.05, 4.69) is 17.1 Å². The van der Waals surface area contributed by atoms with Crippen LogP contribution in [0.3, 0.4) is 0 Å². The Morgan fingerprint density at radius 2 is 2.30 bits per heavy atom. The minimum absolute atomic E-state index is 0.198. The van der Waals surface area contributed by atoms with Crippen LogP contribution in [0.25, 0.3) is 0 Å². The van der Waals surface area contributed by atoms with E-state index < -0.39 is 0 Å². The Morgan fingerprint density at radius 1 is 1.45 bits per heavy atom. The Morgan fingerprint density at radius 3 is 3.05 bits per heavy atom. The fourth-order valence-electron chi connectivity index (χ4n) is 2.71. The maximum atomic E-state index is 13.0. The molecule has 1 aliphatic heterocycles. The fraction of sp³-hybridized carbons (Fsp3) is 0.562. The number of hydrogen-bond donors (Lipinski definition) is 1. The third-order valence-corrected chi connectivity index (χ3v) is 3.94. The molecule has 1 aliphatic rings. The van der Waals surface area contributed by atoms with E-state index in [4.69, 9.17) is 0 Å². The van der Waals surface area contributed by atoms with Crippen LogP contribution in [0.2, 0.25) is 0 Å². The number of benzene rings is 1. The van der Waals surface area contributed by atoms with Crippen molar-refractivity contribution in [1.29, 1.82) is 0 Å². The first kappa shape index (κ1) is 15.0. The molecule has 0 aromatic heterocycles. The van der Waals surface area contributed by atoms with Gasteiger partial charge < -0.3 is 10.2 Å². The minimum atomic E-state index is -0.375. The molecule has 0 radical (unpaired) electrons. The highest BCUT2D eigenvalue weighted by atomic mass is 19.1. The van der Waals surface area contributed by atoms with E-state index in [0.29, 0.717) is 18.2 Å². The number of nitrogens with zero attached hydrogens (tertiary/aromatic N) is 1. The smallest absolute Gasteiger partial charge is 0.251 e. The number of carbonyl (C=O) groups is 1. The topological polar surface area (TPSA) is 32.3 Å². The molecule has 0 bridgehead atoms. The average molecular weight is 278 g/mol. The zero-order chi connectivity index (χ0) is 14.4. The Hall–Kier alpha value is -1.42. The second kappa shape index (κ2) is 7.39. The Balaban J connectivity index is 1.69. The van der Waals surface area contributed by atoms with Crippen molar-refractivity contribution < 1.29 is 9.18 Å². The van der Waals surface area contributed by atoms with Crippen molar-refractivity contribution in [3.63, 3.8) is 0 Å². The third-order valence-electron chi connectivity index (χ3n) is 3.94. The van der Waals surface area contributed by atoms with Crippen LogP contribution in [-0.4, -0.2) is 36.5 Å². The molecule has 1 saturated heterocycles. The van der Waals surface area contributed by atoms with Gasteiger partial charge in [0.2, 0.25) is 0 Å². The first-order chi connectivity index (χ1) is 9.66. The lowest BCUT2D eigenvalue weighted by molar-refractivity contribution is 0.0948. The Bertz CT molecular complexity index is 450. The summed E-state index contributed by atoms with van der Waals surface area (Å²) in [6, 6.07) is 6.45. The zero-order valence-electron chi connectivity index (χ0n) is 12.1. The van der Waals surface area contributed by atoms with Crippen LogP contribution < -0.4 is 5.32 Å². The van der Waals surface area contributed by atoms with Gasteiger partial charge in [-0.3, -0.25) is 4.79 Å². The van der Waals surface area contributed by atoms with Gasteiger partial charge in [-0.2, -0.15) is 0 Å². The summed E-state index contributed by atoms with van der Waals surface area (Å²) in [6.07, 6.45) is 4.81. The molecule has 1 atom stereocenters. The molecule has 1 N–H and O–H groups in total. The third kappa shape index (κ3) is 4.30. The van der Waals surface area contributed by atoms with Crippen LogP contribution in [0.4, 0.5) is 4.39 Å². The normalized spacial score (nSPS) is 19.8. The highest BCUT2D eigenvalue weighted by molar-refractivity contribution is 5.94. The quantitative estimate of drug-likeness (QED) is 0.840. The number of carbonyl (C=O) groups excluding carboxylic acids is 1. The molecule has 20 heavy (non-hydrogen) atoms. The number of likely N-dealkylation sites (tertiary alicyclic amines) is 1. The van der Waals surface area contributed by atoms with Gasteiger partial charge in [0, 0.05) is 24.7 Å². The van der Waals surface area contributed by atoms with Crippen molar-refractivity contribution in [3.05, 3.63) is 35.6 Å². The van der Waals surface area contributed by atoms with Crippen molar-refractivity contribution >= 4 is 5.91 Å². The molecule has 1 heterocycles. The number of rotatable bonds is 5. The van der Waals surface area contributed by atoms with Crippen LogP contribution in [-0.2, 0) is 0 Å². The largest absolute Gasteiger partial charge is 0.352 e. The summed E-state index contributed by atoms with van der Waals surface area (Å²) < 4.78 is 13.0. The molecule has 4 heteroatoms. The Labute approximate surface area is 120 Å². The molecule has 3 nitrogen and oxygen atoms in total. The molecule has 1 aromatic rings. The first-order valence-electron chi connectivity index (χ1n) is 7.44. The number of amides is 1. The van der Waals surface area contributed by atoms with Gasteiger partial charge in [0.05, 0.1) is 0 Å². The van der Waals surface area contributed by atoms with Crippen LogP contribution >= 0.6 is 0 Å². The summed E-state index contributed by atoms with van der Waals surface area (Å²) in [5, 5.41) is 2.85. The zero-order valence-corrected chi connectivity index (χ0v) is 12.1. The van der Waals surface area contributed by atoms with Gasteiger partial charge in [-0.05, 0) is 50.9 Å². The second-order valence-corrected chi connectivity index (χ2v) is 5.50. The highest BCUT2D eigenvalue weighted by Gasteiger charge is 2.17. The molecule has 0 aliphatic carbocycles. The van der Waals surface area contributed by atoms with Gasteiger partial charge in [-0.25, -0.2) is 4.39 Å². The summed E-state index contributed by atoms with van der Waals surface area (Å²) in [5.74, 6) is -0.573. The summed E-state index contributed by atoms with van der Waals surface area (Å²) in [7, 11) is 0. The standard InChI is InChI=1S/C16H23FN2O/c1-13-6-2-3-10-19(13)11-5-9-18-16(20)14-7-4-8-15(17)12-14/h4,7-8,12-13H,2-3,5-6,9-11H2,1H3,(H,18,20). The van der Waals surface area contributed by atoms with Gasteiger partial charge in [0.1, 0.15) is 5.82 Å². The van der Waals surface area contributed by atoms with E-state index >= 15 is 0 Å². The number of nitrogens with one attached hydrogen (secondary N) is 1. The van der Waals surface area contributed by atoms with E-state index in [1.54, 1.807) is 12.1 Å². The van der Waals surface area contributed by atoms with E-state index in [-0.39, 0.29) is 11.7 Å². The molecule has 0 spiro atoms. The second-order valence-electron chi connectivity index (χ2n) is 5.50. The lowest BCUT2D eigenvalue weighted by Crippen LogP contribution is -2.39. The number of halogens is 1. The van der Waals surface area contributed by atoms with Gasteiger partial charge in [0.15, 0.2) is 0 Å². The maximum Gasteiger partial charge on any atom is 0.251 e. The van der Waals surface area contributed by atoms with Crippen LogP contribution in [0, 0.1) is 5.82 Å². The average Bonchev–Trinajstić information content (AvgIpc) is 2.45. The monoisotopic (exact) mass is 278 g/mol. The number of hydrogen-bond acceptors (Lipinski definition) is 2. The fourth-order valence-corrected chi connectivity index (χ4v) is 2.71. The molecule has 2 rings (SSSR count). The maximum absolute atomic E-state index is 13.0. The van der Waals surface area contributed by atoms with Gasteiger partial charge in [0.25, 0.3) is 5.91 Å². The summed E-state index contributed by atoms with van der Waals surface area (Å²) in [5.41, 5.74) is 0.386. The van der Waals surface area contributed by atoms with Crippen LogP contribution in [0.15, 0.2) is 24.3 Å². The minimum Gasteiger partial charge on any atom is -0.352 e. The molecule has 1 amide bonds. The summed E-state index contributed by atoms with van der Waals surface area (Å²) in [4.78, 5) is 14.3. The van der Waals surface area contributed by atoms with Crippen molar-refractivity contribution in [3.8, 4) is 0 Å². The Kier molecular flexibility index (Phi) is 5.53. The lowest BCUT2D eigenvalue weighted by atomic mass is 10.0.